The van der Waals surface area contributed by atoms with E-state index in [1.165, 1.54) is 6.92 Å². The lowest BCUT2D eigenvalue weighted by Crippen LogP contribution is -2.59. The number of carboxylic acids is 1. The molecule has 2 aliphatic rings. The quantitative estimate of drug-likeness (QED) is 0.656. The van der Waals surface area contributed by atoms with Crippen molar-refractivity contribution in [2.75, 3.05) is 13.2 Å². The molecule has 4 rings (SSSR count). The number of fused-ring (bicyclic) bond motifs is 3. The monoisotopic (exact) mass is 490 g/mol. The smallest absolute Gasteiger partial charge is 0.417 e. The fraction of sp³-hybridized carbons (Fsp3) is 0.400. The minimum absolute atomic E-state index is 0.0383. The molecule has 2 amide bonds. The van der Waals surface area contributed by atoms with Crippen molar-refractivity contribution < 1.29 is 37.4 Å². The summed E-state index contributed by atoms with van der Waals surface area (Å²) in [6.07, 6.45) is -6.32. The lowest BCUT2D eigenvalue weighted by atomic mass is 9.91. The van der Waals surface area contributed by atoms with E-state index in [2.05, 4.69) is 0 Å². The van der Waals surface area contributed by atoms with Crippen LogP contribution in [0.4, 0.5) is 18.0 Å². The van der Waals surface area contributed by atoms with Gasteiger partial charge >= 0.3 is 18.2 Å². The fourth-order valence-electron chi connectivity index (χ4n) is 4.93. The van der Waals surface area contributed by atoms with E-state index in [9.17, 15) is 27.6 Å². The highest BCUT2D eigenvalue weighted by atomic mass is 19.4. The van der Waals surface area contributed by atoms with E-state index in [1.54, 1.807) is 5.32 Å². The molecular formula is C25H25F3N2O5. The van der Waals surface area contributed by atoms with Crippen LogP contribution in [0.1, 0.15) is 36.8 Å². The number of piperidine rings is 1. The number of alkyl halides is 3. The number of rotatable bonds is 5. The number of carbonyl (C=O) groups is 3. The molecule has 1 aliphatic carbocycles. The lowest BCUT2D eigenvalue weighted by Gasteiger charge is -2.38. The number of halogens is 3. The van der Waals surface area contributed by atoms with Crippen molar-refractivity contribution in [2.24, 2.45) is 5.92 Å². The zero-order valence-electron chi connectivity index (χ0n) is 18.9. The average molecular weight is 490 g/mol. The number of benzene rings is 2. The Morgan fingerprint density at radius 1 is 1.09 bits per heavy atom. The van der Waals surface area contributed by atoms with Crippen molar-refractivity contribution >= 4 is 18.0 Å². The average Bonchev–Trinajstić information content (AvgIpc) is 3.13. The molecule has 1 aliphatic heterocycles. The molecule has 2 N–H and O–H groups in total. The summed E-state index contributed by atoms with van der Waals surface area (Å²) in [4.78, 5) is 37.3. The second-order valence-electron chi connectivity index (χ2n) is 8.88. The number of likely N-dealkylation sites (tertiary alicyclic amines) is 1. The molecule has 0 spiro atoms. The van der Waals surface area contributed by atoms with Crippen molar-refractivity contribution in [3.05, 3.63) is 59.7 Å². The molecule has 2 aromatic carbocycles. The minimum atomic E-state index is -5.05. The highest BCUT2D eigenvalue weighted by Crippen LogP contribution is 2.44. The number of carboxylic acid groups (broad SMARTS) is 1. The Morgan fingerprint density at radius 2 is 1.66 bits per heavy atom. The molecule has 3 atom stereocenters. The first-order valence-corrected chi connectivity index (χ1v) is 11.3. The Bertz CT molecular complexity index is 1090. The van der Waals surface area contributed by atoms with Gasteiger partial charge in [-0.25, -0.2) is 4.79 Å². The van der Waals surface area contributed by atoms with Gasteiger partial charge in [0.05, 0.1) is 5.92 Å². The van der Waals surface area contributed by atoms with Crippen molar-refractivity contribution in [3.63, 3.8) is 0 Å². The molecule has 186 valence electrons. The molecule has 7 nitrogen and oxygen atoms in total. The van der Waals surface area contributed by atoms with E-state index in [4.69, 9.17) is 9.84 Å². The maximum absolute atomic E-state index is 13.7. The summed E-state index contributed by atoms with van der Waals surface area (Å²) >= 11 is 0. The van der Waals surface area contributed by atoms with Crippen LogP contribution in [0.15, 0.2) is 48.5 Å². The maximum atomic E-state index is 13.7. The summed E-state index contributed by atoms with van der Waals surface area (Å²) < 4.78 is 46.4. The zero-order chi connectivity index (χ0) is 25.3. The summed E-state index contributed by atoms with van der Waals surface area (Å²) in [6, 6.07) is 11.6. The van der Waals surface area contributed by atoms with Gasteiger partial charge in [-0.15, -0.1) is 0 Å². The third-order valence-electron chi connectivity index (χ3n) is 6.69. The van der Waals surface area contributed by atoms with Crippen LogP contribution < -0.4 is 5.32 Å². The summed E-state index contributed by atoms with van der Waals surface area (Å²) in [5.74, 6) is -3.45. The molecule has 1 heterocycles. The lowest BCUT2D eigenvalue weighted by molar-refractivity contribution is -0.177. The topological polar surface area (TPSA) is 95.9 Å². The zero-order valence-corrected chi connectivity index (χ0v) is 18.9. The van der Waals surface area contributed by atoms with E-state index in [1.807, 2.05) is 48.5 Å². The predicted octanol–water partition coefficient (Wildman–Crippen LogP) is 4.17. The van der Waals surface area contributed by atoms with Crippen molar-refractivity contribution in [3.8, 4) is 11.1 Å². The van der Waals surface area contributed by atoms with Crippen LogP contribution in [-0.2, 0) is 14.3 Å². The van der Waals surface area contributed by atoms with Gasteiger partial charge in [0.1, 0.15) is 6.61 Å². The fourth-order valence-corrected chi connectivity index (χ4v) is 4.93. The number of hydrogen-bond donors (Lipinski definition) is 2. The minimum Gasteiger partial charge on any atom is -0.481 e. The van der Waals surface area contributed by atoms with E-state index in [0.717, 1.165) is 27.2 Å². The first-order valence-electron chi connectivity index (χ1n) is 11.3. The Balaban J connectivity index is 1.44. The van der Waals surface area contributed by atoms with E-state index in [-0.39, 0.29) is 31.9 Å². The van der Waals surface area contributed by atoms with Crippen molar-refractivity contribution in [2.45, 2.75) is 43.9 Å². The highest BCUT2D eigenvalue weighted by molar-refractivity contribution is 5.87. The van der Waals surface area contributed by atoms with Gasteiger partial charge in [0, 0.05) is 18.5 Å². The molecule has 0 bridgehead atoms. The molecule has 1 unspecified atom stereocenters. The number of hydrogen-bond acceptors (Lipinski definition) is 4. The van der Waals surface area contributed by atoms with Gasteiger partial charge in [-0.1, -0.05) is 48.5 Å². The second-order valence-corrected chi connectivity index (χ2v) is 8.88. The van der Waals surface area contributed by atoms with Crippen LogP contribution in [0.25, 0.3) is 11.1 Å². The van der Waals surface area contributed by atoms with Gasteiger partial charge < -0.3 is 20.1 Å². The van der Waals surface area contributed by atoms with E-state index in [0.29, 0.717) is 0 Å². The first kappa shape index (κ1) is 24.6. The van der Waals surface area contributed by atoms with Gasteiger partial charge in [0.15, 0.2) is 0 Å². The van der Waals surface area contributed by atoms with Gasteiger partial charge in [-0.3, -0.25) is 9.59 Å². The maximum Gasteiger partial charge on any atom is 0.417 e. The third kappa shape index (κ3) is 4.96. The molecule has 2 aromatic rings. The summed E-state index contributed by atoms with van der Waals surface area (Å²) in [6.45, 7) is 1.16. The van der Waals surface area contributed by atoms with Gasteiger partial charge in [0.25, 0.3) is 5.91 Å². The summed E-state index contributed by atoms with van der Waals surface area (Å²) in [5, 5.41) is 10.8. The van der Waals surface area contributed by atoms with Gasteiger partial charge in [-0.05, 0) is 42.0 Å². The third-order valence-corrected chi connectivity index (χ3v) is 6.69. The number of alkyl carbamates (subject to hydrolysis) is 1. The van der Waals surface area contributed by atoms with Crippen molar-refractivity contribution in [1.82, 2.24) is 10.2 Å². The van der Waals surface area contributed by atoms with Crippen LogP contribution in [0.5, 0.6) is 0 Å². The number of amides is 2. The van der Waals surface area contributed by atoms with E-state index >= 15 is 0 Å². The number of nitrogens with one attached hydrogen (secondary N) is 1. The molecular weight excluding hydrogens is 465 g/mol. The molecule has 35 heavy (non-hydrogen) atoms. The van der Waals surface area contributed by atoms with Crippen LogP contribution in [-0.4, -0.2) is 59.4 Å². The standard InChI is InChI=1S/C25H25F3N2O5/c1-14-12-15(23(32)33)10-11-30(14)22(31)21(25(26,27)28)29-24(34)35-13-20-18-8-4-2-6-16(18)17-7-3-5-9-19(17)20/h2-9,14-15,20-21H,10-13H2,1H3,(H,29,34)(H,32,33)/t14-,15-,21?/m0/s1. The predicted molar refractivity (Wildman–Crippen MR) is 120 cm³/mol. The van der Waals surface area contributed by atoms with Gasteiger partial charge in [0.2, 0.25) is 6.04 Å². The SMILES string of the molecule is C[C@H]1C[C@@H](C(=O)O)CCN1C(=O)C(NC(=O)OCC1c2ccccc2-c2ccccc21)C(F)(F)F. The number of nitrogens with zero attached hydrogens (tertiary/aromatic N) is 1. The van der Waals surface area contributed by atoms with Crippen LogP contribution in [0, 0.1) is 5.92 Å². The van der Waals surface area contributed by atoms with Crippen molar-refractivity contribution in [1.29, 1.82) is 0 Å². The Hall–Kier alpha value is -3.56. The molecule has 1 saturated heterocycles. The molecule has 0 aromatic heterocycles. The largest absolute Gasteiger partial charge is 0.481 e. The second kappa shape index (κ2) is 9.59. The number of ether oxygens (including phenoxy) is 1. The Labute approximate surface area is 199 Å². The van der Waals surface area contributed by atoms with E-state index < -0.39 is 42.1 Å². The molecule has 0 radical (unpaired) electrons. The van der Waals surface area contributed by atoms with Crippen LogP contribution in [0.2, 0.25) is 0 Å². The number of aliphatic carboxylic acids is 1. The van der Waals surface area contributed by atoms with Gasteiger partial charge in [-0.2, -0.15) is 13.2 Å². The molecule has 0 saturated carbocycles. The summed E-state index contributed by atoms with van der Waals surface area (Å²) in [5.41, 5.74) is 3.75. The van der Waals surface area contributed by atoms with Crippen LogP contribution in [0.3, 0.4) is 0 Å². The first-order chi connectivity index (χ1) is 16.6. The van der Waals surface area contributed by atoms with Crippen LogP contribution >= 0.6 is 0 Å². The Kier molecular flexibility index (Phi) is 6.73. The molecule has 1 fully saturated rings. The molecule has 10 heteroatoms. The normalized spacial score (nSPS) is 20.5. The highest BCUT2D eigenvalue weighted by Gasteiger charge is 2.49. The number of carbonyl (C=O) groups excluding carboxylic acids is 2. The Morgan fingerprint density at radius 3 is 2.17 bits per heavy atom. The summed E-state index contributed by atoms with van der Waals surface area (Å²) in [7, 11) is 0.